The summed E-state index contributed by atoms with van der Waals surface area (Å²) in [5.41, 5.74) is 7.58. The maximum absolute atomic E-state index is 13.6. The molecule has 0 spiro atoms. The van der Waals surface area contributed by atoms with Gasteiger partial charge in [0.05, 0.1) is 16.8 Å². The molecule has 1 aromatic carbocycles. The fraction of sp³-hybridized carbons (Fsp3) is 0.0556. The number of hydrogen-bond acceptors (Lipinski definition) is 4. The van der Waals surface area contributed by atoms with Gasteiger partial charge in [-0.3, -0.25) is 14.6 Å². The number of halogens is 1. The number of aromatic nitrogens is 1. The van der Waals surface area contributed by atoms with E-state index in [9.17, 15) is 14.0 Å². The first-order chi connectivity index (χ1) is 12.0. The van der Waals surface area contributed by atoms with E-state index < -0.39 is 17.6 Å². The average molecular weight is 355 g/mol. The first-order valence-electron chi connectivity index (χ1n) is 7.37. The number of pyridine rings is 1. The Balaban J connectivity index is 1.88. The van der Waals surface area contributed by atoms with Crippen molar-refractivity contribution in [3.8, 4) is 10.4 Å². The fourth-order valence-corrected chi connectivity index (χ4v) is 3.29. The number of amides is 2. The predicted octanol–water partition coefficient (Wildman–Crippen LogP) is 3.61. The summed E-state index contributed by atoms with van der Waals surface area (Å²) in [6.07, 6.45) is 2.44. The van der Waals surface area contributed by atoms with Crippen LogP contribution in [0.2, 0.25) is 0 Å². The number of nitrogens with zero attached hydrogens (tertiary/aromatic N) is 1. The standard InChI is InChI=1S/C18H14FN3O2S/c1-10-2-3-11(17(20)23)8-12(10)15-4-5-16(25-15)18(24)22-14-6-7-21-9-13(14)19/h2-9H,1H3,(H2,20,23)(H,21,22,24). The lowest BCUT2D eigenvalue weighted by Gasteiger charge is -2.06. The molecule has 126 valence electrons. The quantitative estimate of drug-likeness (QED) is 0.750. The summed E-state index contributed by atoms with van der Waals surface area (Å²) in [6.45, 7) is 1.91. The smallest absolute Gasteiger partial charge is 0.265 e. The lowest BCUT2D eigenvalue weighted by atomic mass is 10.0. The van der Waals surface area contributed by atoms with Gasteiger partial charge >= 0.3 is 0 Å². The number of anilines is 1. The summed E-state index contributed by atoms with van der Waals surface area (Å²) in [7, 11) is 0. The van der Waals surface area contributed by atoms with Crippen molar-refractivity contribution < 1.29 is 14.0 Å². The van der Waals surface area contributed by atoms with Crippen LogP contribution in [0, 0.1) is 12.7 Å². The van der Waals surface area contributed by atoms with Gasteiger partial charge in [-0.25, -0.2) is 4.39 Å². The minimum Gasteiger partial charge on any atom is -0.366 e. The predicted molar refractivity (Wildman–Crippen MR) is 95.2 cm³/mol. The van der Waals surface area contributed by atoms with Crippen molar-refractivity contribution in [1.29, 1.82) is 0 Å². The van der Waals surface area contributed by atoms with Crippen LogP contribution >= 0.6 is 11.3 Å². The molecule has 2 heterocycles. The third kappa shape index (κ3) is 3.56. The molecular weight excluding hydrogens is 341 g/mol. The molecule has 2 aromatic heterocycles. The SMILES string of the molecule is Cc1ccc(C(N)=O)cc1-c1ccc(C(=O)Nc2ccncc2F)s1. The summed E-state index contributed by atoms with van der Waals surface area (Å²) in [6, 6.07) is 10.0. The number of nitrogens with one attached hydrogen (secondary N) is 1. The van der Waals surface area contributed by atoms with Crippen LogP contribution in [0.25, 0.3) is 10.4 Å². The second kappa shape index (κ2) is 6.82. The third-order valence-corrected chi connectivity index (χ3v) is 4.76. The van der Waals surface area contributed by atoms with E-state index in [0.29, 0.717) is 10.4 Å². The molecule has 0 saturated carbocycles. The lowest BCUT2D eigenvalue weighted by Crippen LogP contribution is -2.11. The first-order valence-corrected chi connectivity index (χ1v) is 8.19. The molecule has 5 nitrogen and oxygen atoms in total. The van der Waals surface area contributed by atoms with Crippen LogP contribution in [0.5, 0.6) is 0 Å². The van der Waals surface area contributed by atoms with E-state index in [1.54, 1.807) is 30.3 Å². The van der Waals surface area contributed by atoms with E-state index in [4.69, 9.17) is 5.73 Å². The number of rotatable bonds is 4. The molecule has 0 radical (unpaired) electrons. The van der Waals surface area contributed by atoms with E-state index in [2.05, 4.69) is 10.3 Å². The average Bonchev–Trinajstić information content (AvgIpc) is 3.07. The summed E-state index contributed by atoms with van der Waals surface area (Å²) < 4.78 is 13.6. The van der Waals surface area contributed by atoms with Gasteiger partial charge in [-0.05, 0) is 48.4 Å². The van der Waals surface area contributed by atoms with Crippen molar-refractivity contribution in [1.82, 2.24) is 4.98 Å². The van der Waals surface area contributed by atoms with Crippen molar-refractivity contribution >= 4 is 28.8 Å². The van der Waals surface area contributed by atoms with Gasteiger partial charge < -0.3 is 11.1 Å². The monoisotopic (exact) mass is 355 g/mol. The molecule has 0 unspecified atom stereocenters. The third-order valence-electron chi connectivity index (χ3n) is 3.64. The van der Waals surface area contributed by atoms with Gasteiger partial charge in [-0.15, -0.1) is 11.3 Å². The number of hydrogen-bond donors (Lipinski definition) is 2. The van der Waals surface area contributed by atoms with Gasteiger partial charge in [-0.2, -0.15) is 0 Å². The molecule has 3 aromatic rings. The molecule has 0 aliphatic carbocycles. The van der Waals surface area contributed by atoms with Crippen molar-refractivity contribution in [2.45, 2.75) is 6.92 Å². The van der Waals surface area contributed by atoms with Crippen LogP contribution < -0.4 is 11.1 Å². The van der Waals surface area contributed by atoms with Crippen LogP contribution in [-0.4, -0.2) is 16.8 Å². The van der Waals surface area contributed by atoms with Gasteiger partial charge in [-0.1, -0.05) is 6.07 Å². The van der Waals surface area contributed by atoms with Crippen molar-refractivity contribution in [3.05, 3.63) is 70.6 Å². The Morgan fingerprint density at radius 1 is 1.20 bits per heavy atom. The number of primary amides is 1. The molecule has 0 aliphatic heterocycles. The van der Waals surface area contributed by atoms with Crippen LogP contribution in [-0.2, 0) is 0 Å². The van der Waals surface area contributed by atoms with Crippen LogP contribution in [0.4, 0.5) is 10.1 Å². The minimum atomic E-state index is -0.599. The molecule has 0 aliphatic rings. The zero-order valence-corrected chi connectivity index (χ0v) is 14.1. The summed E-state index contributed by atoms with van der Waals surface area (Å²) >= 11 is 1.25. The fourth-order valence-electron chi connectivity index (χ4n) is 2.31. The van der Waals surface area contributed by atoms with E-state index in [-0.39, 0.29) is 5.69 Å². The summed E-state index contributed by atoms with van der Waals surface area (Å²) in [5, 5.41) is 2.52. The molecule has 0 saturated heterocycles. The molecule has 0 fully saturated rings. The highest BCUT2D eigenvalue weighted by Crippen LogP contribution is 2.31. The van der Waals surface area contributed by atoms with Crippen LogP contribution in [0.3, 0.4) is 0 Å². The highest BCUT2D eigenvalue weighted by molar-refractivity contribution is 7.17. The van der Waals surface area contributed by atoms with Gasteiger partial charge in [0.1, 0.15) is 0 Å². The Morgan fingerprint density at radius 2 is 2.00 bits per heavy atom. The maximum Gasteiger partial charge on any atom is 0.265 e. The van der Waals surface area contributed by atoms with E-state index in [1.165, 1.54) is 23.6 Å². The number of benzene rings is 1. The largest absolute Gasteiger partial charge is 0.366 e. The molecule has 0 atom stereocenters. The van der Waals surface area contributed by atoms with Crippen molar-refractivity contribution in [2.24, 2.45) is 5.73 Å². The topological polar surface area (TPSA) is 85.1 Å². The first kappa shape index (κ1) is 16.8. The molecule has 2 amide bonds. The minimum absolute atomic E-state index is 0.0712. The zero-order chi connectivity index (χ0) is 18.0. The van der Waals surface area contributed by atoms with Gasteiger partial charge in [0.25, 0.3) is 5.91 Å². The number of nitrogens with two attached hydrogens (primary N) is 1. The normalized spacial score (nSPS) is 10.5. The zero-order valence-electron chi connectivity index (χ0n) is 13.2. The van der Waals surface area contributed by atoms with Gasteiger partial charge in [0.2, 0.25) is 5.91 Å². The molecule has 3 rings (SSSR count). The molecule has 3 N–H and O–H groups in total. The Hall–Kier alpha value is -3.06. The van der Waals surface area contributed by atoms with E-state index in [1.807, 2.05) is 6.92 Å². The van der Waals surface area contributed by atoms with Crippen LogP contribution in [0.15, 0.2) is 48.8 Å². The lowest BCUT2D eigenvalue weighted by molar-refractivity contribution is 0.0998. The highest BCUT2D eigenvalue weighted by Gasteiger charge is 2.14. The number of carbonyl (C=O) groups excluding carboxylic acids is 2. The molecular formula is C18H14FN3O2S. The maximum atomic E-state index is 13.6. The van der Waals surface area contributed by atoms with Crippen LogP contribution in [0.1, 0.15) is 25.6 Å². The van der Waals surface area contributed by atoms with E-state index >= 15 is 0 Å². The van der Waals surface area contributed by atoms with Gasteiger partial charge in [0, 0.05) is 16.6 Å². The highest BCUT2D eigenvalue weighted by atomic mass is 32.1. The number of thiophene rings is 1. The van der Waals surface area contributed by atoms with Crippen molar-refractivity contribution in [3.63, 3.8) is 0 Å². The Kier molecular flexibility index (Phi) is 4.58. The number of carbonyl (C=O) groups is 2. The Bertz CT molecular complexity index is 968. The Labute approximate surface area is 147 Å². The Morgan fingerprint density at radius 3 is 2.72 bits per heavy atom. The summed E-state index contributed by atoms with van der Waals surface area (Å²) in [5.74, 6) is -1.52. The summed E-state index contributed by atoms with van der Waals surface area (Å²) in [4.78, 5) is 28.6. The second-order valence-corrected chi connectivity index (χ2v) is 6.45. The van der Waals surface area contributed by atoms with E-state index in [0.717, 1.165) is 22.2 Å². The van der Waals surface area contributed by atoms with Crippen molar-refractivity contribution in [2.75, 3.05) is 5.32 Å². The second-order valence-electron chi connectivity index (χ2n) is 5.37. The number of aryl methyl sites for hydroxylation is 1. The van der Waals surface area contributed by atoms with Gasteiger partial charge in [0.15, 0.2) is 5.82 Å². The molecule has 0 bridgehead atoms. The molecule has 25 heavy (non-hydrogen) atoms. The molecule has 7 heteroatoms.